The van der Waals surface area contributed by atoms with E-state index in [0.717, 1.165) is 16.9 Å². The Bertz CT molecular complexity index is 845. The van der Waals surface area contributed by atoms with Crippen LogP contribution in [0.15, 0.2) is 60.2 Å². The fraction of sp³-hybridized carbons (Fsp3) is 0.150. The lowest BCUT2D eigenvalue weighted by molar-refractivity contribution is -0.116. The van der Waals surface area contributed by atoms with Crippen LogP contribution in [0, 0.1) is 5.82 Å². The van der Waals surface area contributed by atoms with Gasteiger partial charge in [-0.15, -0.1) is 0 Å². The van der Waals surface area contributed by atoms with E-state index in [1.165, 1.54) is 12.1 Å². The van der Waals surface area contributed by atoms with Gasteiger partial charge in [0.15, 0.2) is 0 Å². The molecule has 1 aliphatic heterocycles. The van der Waals surface area contributed by atoms with E-state index in [-0.39, 0.29) is 11.7 Å². The predicted molar refractivity (Wildman–Crippen MR) is 97.2 cm³/mol. The maximum atomic E-state index is 13.5. The first-order valence-corrected chi connectivity index (χ1v) is 8.32. The maximum Gasteiger partial charge on any atom is 0.244 e. The highest BCUT2D eigenvalue weighted by atomic mass is 35.5. The fourth-order valence-electron chi connectivity index (χ4n) is 2.53. The first kappa shape index (κ1) is 17.2. The van der Waals surface area contributed by atoms with Crippen LogP contribution in [0.4, 0.5) is 4.39 Å². The van der Waals surface area contributed by atoms with Crippen molar-refractivity contribution in [3.8, 4) is 5.75 Å². The zero-order chi connectivity index (χ0) is 17.6. The maximum absolute atomic E-state index is 13.5. The van der Waals surface area contributed by atoms with E-state index < -0.39 is 0 Å². The van der Waals surface area contributed by atoms with Gasteiger partial charge in [-0.2, -0.15) is 0 Å². The molecule has 1 aliphatic rings. The van der Waals surface area contributed by atoms with E-state index in [2.05, 4.69) is 5.32 Å². The predicted octanol–water partition coefficient (Wildman–Crippen LogP) is 4.17. The molecular formula is C20H17ClFNO2. The SMILES string of the molecule is O=C(/C=C/C1=Cc2cc(Cl)ccc2OC1)NCCc1ccccc1F. The molecule has 0 aromatic heterocycles. The Morgan fingerprint density at radius 1 is 1.28 bits per heavy atom. The molecule has 5 heteroatoms. The van der Waals surface area contributed by atoms with Gasteiger partial charge in [-0.1, -0.05) is 35.9 Å². The number of carbonyl (C=O) groups excluding carboxylic acids is 1. The van der Waals surface area contributed by atoms with Crippen molar-refractivity contribution in [3.63, 3.8) is 0 Å². The second-order valence-electron chi connectivity index (χ2n) is 5.66. The minimum atomic E-state index is -0.255. The van der Waals surface area contributed by atoms with Gasteiger partial charge in [0.2, 0.25) is 5.91 Å². The molecule has 2 aromatic carbocycles. The van der Waals surface area contributed by atoms with Crippen molar-refractivity contribution in [2.75, 3.05) is 13.2 Å². The van der Waals surface area contributed by atoms with Gasteiger partial charge in [0.05, 0.1) is 0 Å². The van der Waals surface area contributed by atoms with Crippen molar-refractivity contribution in [2.45, 2.75) is 6.42 Å². The number of ether oxygens (including phenoxy) is 1. The van der Waals surface area contributed by atoms with E-state index in [1.54, 1.807) is 30.3 Å². The van der Waals surface area contributed by atoms with Crippen LogP contribution in [0.1, 0.15) is 11.1 Å². The second kappa shape index (κ2) is 7.99. The Morgan fingerprint density at radius 2 is 2.12 bits per heavy atom. The number of carbonyl (C=O) groups is 1. The summed E-state index contributed by atoms with van der Waals surface area (Å²) in [6, 6.07) is 12.0. The zero-order valence-electron chi connectivity index (χ0n) is 13.5. The molecule has 2 aromatic rings. The van der Waals surface area contributed by atoms with Gasteiger partial charge in [-0.25, -0.2) is 4.39 Å². The van der Waals surface area contributed by atoms with E-state index in [4.69, 9.17) is 16.3 Å². The fourth-order valence-corrected chi connectivity index (χ4v) is 2.71. The molecule has 0 spiro atoms. The summed E-state index contributed by atoms with van der Waals surface area (Å²) in [6.07, 6.45) is 5.55. The molecule has 0 atom stereocenters. The number of benzene rings is 2. The number of hydrogen-bond acceptors (Lipinski definition) is 2. The Balaban J connectivity index is 1.54. The van der Waals surface area contributed by atoms with Crippen LogP contribution in [0.25, 0.3) is 6.08 Å². The average molecular weight is 358 g/mol. The number of amides is 1. The molecule has 0 radical (unpaired) electrons. The normalized spacial score (nSPS) is 13.1. The Labute approximate surface area is 150 Å². The van der Waals surface area contributed by atoms with Crippen LogP contribution in [0.2, 0.25) is 5.02 Å². The van der Waals surface area contributed by atoms with Gasteiger partial charge >= 0.3 is 0 Å². The van der Waals surface area contributed by atoms with Crippen LogP contribution >= 0.6 is 11.6 Å². The Kier molecular flexibility index (Phi) is 5.51. The molecular weight excluding hydrogens is 341 g/mol. The van der Waals surface area contributed by atoms with Gasteiger partial charge in [0.25, 0.3) is 0 Å². The van der Waals surface area contributed by atoms with Crippen molar-refractivity contribution < 1.29 is 13.9 Å². The monoisotopic (exact) mass is 357 g/mol. The molecule has 25 heavy (non-hydrogen) atoms. The summed E-state index contributed by atoms with van der Waals surface area (Å²) < 4.78 is 19.1. The lowest BCUT2D eigenvalue weighted by Crippen LogP contribution is -2.24. The molecule has 1 heterocycles. The van der Waals surface area contributed by atoms with E-state index in [9.17, 15) is 9.18 Å². The highest BCUT2D eigenvalue weighted by molar-refractivity contribution is 6.30. The molecule has 1 N–H and O–H groups in total. The van der Waals surface area contributed by atoms with Crippen LogP contribution in [-0.4, -0.2) is 19.1 Å². The number of nitrogens with one attached hydrogen (secondary N) is 1. The third kappa shape index (κ3) is 4.70. The van der Waals surface area contributed by atoms with Gasteiger partial charge in [0, 0.05) is 23.2 Å². The quantitative estimate of drug-likeness (QED) is 0.816. The van der Waals surface area contributed by atoms with Crippen molar-refractivity contribution in [2.24, 2.45) is 0 Å². The summed E-state index contributed by atoms with van der Waals surface area (Å²) in [5.41, 5.74) is 2.35. The number of rotatable bonds is 5. The summed E-state index contributed by atoms with van der Waals surface area (Å²) in [6.45, 7) is 0.770. The summed E-state index contributed by atoms with van der Waals surface area (Å²) in [5.74, 6) is 0.291. The summed E-state index contributed by atoms with van der Waals surface area (Å²) >= 11 is 5.98. The van der Waals surface area contributed by atoms with Gasteiger partial charge < -0.3 is 10.1 Å². The number of fused-ring (bicyclic) bond motifs is 1. The lowest BCUT2D eigenvalue weighted by atomic mass is 10.1. The minimum absolute atomic E-state index is 0.228. The zero-order valence-corrected chi connectivity index (χ0v) is 14.2. The van der Waals surface area contributed by atoms with Crippen LogP contribution in [0.3, 0.4) is 0 Å². The van der Waals surface area contributed by atoms with Crippen molar-refractivity contribution >= 4 is 23.6 Å². The Morgan fingerprint density at radius 3 is 2.96 bits per heavy atom. The van der Waals surface area contributed by atoms with Crippen molar-refractivity contribution in [1.82, 2.24) is 5.32 Å². The molecule has 3 rings (SSSR count). The molecule has 0 fully saturated rings. The number of hydrogen-bond donors (Lipinski definition) is 1. The van der Waals surface area contributed by atoms with E-state index in [0.29, 0.717) is 30.2 Å². The van der Waals surface area contributed by atoms with Crippen molar-refractivity contribution in [1.29, 1.82) is 0 Å². The Hall–Kier alpha value is -2.59. The molecule has 0 saturated carbocycles. The topological polar surface area (TPSA) is 38.3 Å². The molecule has 1 amide bonds. The van der Waals surface area contributed by atoms with Gasteiger partial charge in [-0.05, 0) is 47.9 Å². The average Bonchev–Trinajstić information content (AvgIpc) is 2.61. The summed E-state index contributed by atoms with van der Waals surface area (Å²) in [7, 11) is 0. The highest BCUT2D eigenvalue weighted by Crippen LogP contribution is 2.29. The van der Waals surface area contributed by atoms with Crippen LogP contribution in [-0.2, 0) is 11.2 Å². The second-order valence-corrected chi connectivity index (χ2v) is 6.09. The highest BCUT2D eigenvalue weighted by Gasteiger charge is 2.10. The molecule has 0 bridgehead atoms. The summed E-state index contributed by atoms with van der Waals surface area (Å²) in [4.78, 5) is 11.9. The van der Waals surface area contributed by atoms with Crippen LogP contribution in [0.5, 0.6) is 5.75 Å². The molecule has 128 valence electrons. The first-order valence-electron chi connectivity index (χ1n) is 7.94. The molecule has 0 saturated heterocycles. The van der Waals surface area contributed by atoms with E-state index in [1.807, 2.05) is 18.2 Å². The first-order chi connectivity index (χ1) is 12.1. The van der Waals surface area contributed by atoms with Gasteiger partial charge in [0.1, 0.15) is 18.2 Å². The van der Waals surface area contributed by atoms with E-state index >= 15 is 0 Å². The lowest BCUT2D eigenvalue weighted by Gasteiger charge is -2.16. The largest absolute Gasteiger partial charge is 0.488 e. The standard InChI is InChI=1S/C20H17ClFNO2/c21-17-6-7-19-16(12-17)11-14(13-25-19)5-8-20(24)23-10-9-15-3-1-2-4-18(15)22/h1-8,11-12H,9-10,13H2,(H,23,24)/b8-5+. The molecule has 0 aliphatic carbocycles. The molecule has 0 unspecified atom stereocenters. The number of halogens is 2. The van der Waals surface area contributed by atoms with Crippen LogP contribution < -0.4 is 10.1 Å². The van der Waals surface area contributed by atoms with Crippen molar-refractivity contribution in [3.05, 3.63) is 82.2 Å². The van der Waals surface area contributed by atoms with Gasteiger partial charge in [-0.3, -0.25) is 4.79 Å². The summed E-state index contributed by atoms with van der Waals surface area (Å²) in [5, 5.41) is 3.38. The molecule has 3 nitrogen and oxygen atoms in total. The minimum Gasteiger partial charge on any atom is -0.488 e. The third-order valence-corrected chi connectivity index (χ3v) is 4.04. The smallest absolute Gasteiger partial charge is 0.244 e. The third-order valence-electron chi connectivity index (χ3n) is 3.81.